The van der Waals surface area contributed by atoms with Crippen LogP contribution in [0.2, 0.25) is 0 Å². The Kier molecular flexibility index (Phi) is 7.47. The van der Waals surface area contributed by atoms with Crippen molar-refractivity contribution < 1.29 is 28.7 Å². The van der Waals surface area contributed by atoms with Crippen LogP contribution in [-0.2, 0) is 14.3 Å². The molecule has 0 heterocycles. The molecule has 0 bridgehead atoms. The van der Waals surface area contributed by atoms with E-state index in [0.717, 1.165) is 5.56 Å². The van der Waals surface area contributed by atoms with E-state index in [4.69, 9.17) is 15.2 Å². The molecule has 8 nitrogen and oxygen atoms in total. The van der Waals surface area contributed by atoms with Crippen LogP contribution in [0.3, 0.4) is 0 Å². The van der Waals surface area contributed by atoms with Gasteiger partial charge in [-0.1, -0.05) is 36.4 Å². The number of esters is 1. The molecule has 2 aromatic rings. The fraction of sp³-hybridized carbons (Fsp3) is 0.238. The van der Waals surface area contributed by atoms with Crippen molar-refractivity contribution in [3.63, 3.8) is 0 Å². The summed E-state index contributed by atoms with van der Waals surface area (Å²) in [4.78, 5) is 46.4. The molecule has 2 amide bonds. The fourth-order valence-corrected chi connectivity index (χ4v) is 2.55. The zero-order valence-electron chi connectivity index (χ0n) is 16.1. The van der Waals surface area contributed by atoms with Crippen LogP contribution in [0.5, 0.6) is 5.75 Å². The number of ketones is 1. The van der Waals surface area contributed by atoms with Crippen molar-refractivity contribution in [3.8, 4) is 5.75 Å². The van der Waals surface area contributed by atoms with Crippen molar-refractivity contribution in [2.45, 2.75) is 19.9 Å². The van der Waals surface area contributed by atoms with E-state index in [2.05, 4.69) is 5.32 Å². The molecule has 0 aliphatic rings. The summed E-state index contributed by atoms with van der Waals surface area (Å²) in [5.74, 6) is -1.80. The number of para-hydroxylation sites is 1. The van der Waals surface area contributed by atoms with Crippen LogP contribution in [0.4, 0.5) is 0 Å². The highest BCUT2D eigenvalue weighted by Crippen LogP contribution is 2.17. The lowest BCUT2D eigenvalue weighted by atomic mass is 10.0. The molecule has 152 valence electrons. The van der Waals surface area contributed by atoms with Gasteiger partial charge in [-0.05, 0) is 24.6 Å². The number of nitrogens with two attached hydrogens (primary N) is 1. The Balaban J connectivity index is 1.85. The predicted molar refractivity (Wildman–Crippen MR) is 104 cm³/mol. The van der Waals surface area contributed by atoms with Gasteiger partial charge in [0.25, 0.3) is 5.91 Å². The first-order valence-corrected chi connectivity index (χ1v) is 8.85. The maximum atomic E-state index is 12.2. The smallest absolute Gasteiger partial charge is 0.344 e. The van der Waals surface area contributed by atoms with Crippen molar-refractivity contribution in [1.82, 2.24) is 5.32 Å². The van der Waals surface area contributed by atoms with Crippen LogP contribution in [-0.4, -0.2) is 36.8 Å². The monoisotopic (exact) mass is 398 g/mol. The van der Waals surface area contributed by atoms with Crippen molar-refractivity contribution in [3.05, 3.63) is 65.2 Å². The summed E-state index contributed by atoms with van der Waals surface area (Å²) in [7, 11) is 0. The lowest BCUT2D eigenvalue weighted by molar-refractivity contribution is -0.144. The Hall–Kier alpha value is -3.68. The van der Waals surface area contributed by atoms with Crippen molar-refractivity contribution in [2.24, 2.45) is 5.73 Å². The number of rotatable bonds is 9. The van der Waals surface area contributed by atoms with Gasteiger partial charge in [-0.15, -0.1) is 0 Å². The summed E-state index contributed by atoms with van der Waals surface area (Å²) < 4.78 is 10.2. The zero-order chi connectivity index (χ0) is 21.4. The van der Waals surface area contributed by atoms with E-state index >= 15 is 0 Å². The highest BCUT2D eigenvalue weighted by Gasteiger charge is 2.14. The second kappa shape index (κ2) is 10.0. The van der Waals surface area contributed by atoms with E-state index in [1.807, 2.05) is 6.92 Å². The van der Waals surface area contributed by atoms with Crippen LogP contribution < -0.4 is 15.8 Å². The molecule has 0 radical (unpaired) electrons. The minimum absolute atomic E-state index is 0.143. The average Bonchev–Trinajstić information content (AvgIpc) is 2.70. The van der Waals surface area contributed by atoms with E-state index in [1.165, 1.54) is 19.1 Å². The number of amides is 2. The Labute approximate surface area is 168 Å². The van der Waals surface area contributed by atoms with Gasteiger partial charge < -0.3 is 20.5 Å². The number of hydrogen-bond acceptors (Lipinski definition) is 6. The van der Waals surface area contributed by atoms with Gasteiger partial charge in [0.05, 0.1) is 11.6 Å². The highest BCUT2D eigenvalue weighted by molar-refractivity contribution is 5.98. The first-order chi connectivity index (χ1) is 13.8. The van der Waals surface area contributed by atoms with E-state index in [0.29, 0.717) is 5.56 Å². The summed E-state index contributed by atoms with van der Waals surface area (Å²) in [6.07, 6.45) is 0. The van der Waals surface area contributed by atoms with Gasteiger partial charge in [0.15, 0.2) is 19.0 Å². The van der Waals surface area contributed by atoms with Crippen molar-refractivity contribution >= 4 is 23.6 Å². The first-order valence-electron chi connectivity index (χ1n) is 8.85. The third-order valence-electron chi connectivity index (χ3n) is 4.01. The molecule has 8 heteroatoms. The maximum Gasteiger partial charge on any atom is 0.344 e. The van der Waals surface area contributed by atoms with Crippen LogP contribution in [0.15, 0.2) is 48.5 Å². The number of ether oxygens (including phenoxy) is 2. The van der Waals surface area contributed by atoms with Gasteiger partial charge >= 0.3 is 5.97 Å². The third kappa shape index (κ3) is 6.46. The molecule has 2 rings (SSSR count). The van der Waals surface area contributed by atoms with E-state index < -0.39 is 25.1 Å². The molecule has 0 aliphatic carbocycles. The highest BCUT2D eigenvalue weighted by atomic mass is 16.6. The van der Waals surface area contributed by atoms with Gasteiger partial charge in [0.1, 0.15) is 5.75 Å². The summed E-state index contributed by atoms with van der Waals surface area (Å²) in [6.45, 7) is 2.35. The average molecular weight is 398 g/mol. The summed E-state index contributed by atoms with van der Waals surface area (Å²) in [5, 5.41) is 2.75. The minimum Gasteiger partial charge on any atom is -0.481 e. The lowest BCUT2D eigenvalue weighted by Crippen LogP contribution is -2.23. The largest absolute Gasteiger partial charge is 0.481 e. The first kappa shape index (κ1) is 21.6. The number of benzene rings is 2. The number of hydrogen-bond donors (Lipinski definition) is 2. The molecule has 0 spiro atoms. The quantitative estimate of drug-likeness (QED) is 0.490. The molecule has 1 atom stereocenters. The molecule has 0 aliphatic heterocycles. The van der Waals surface area contributed by atoms with Gasteiger partial charge in [-0.3, -0.25) is 14.4 Å². The number of carbonyl (C=O) groups is 4. The van der Waals surface area contributed by atoms with Gasteiger partial charge in [-0.25, -0.2) is 4.79 Å². The normalized spacial score (nSPS) is 11.2. The SMILES string of the molecule is CC(=O)N[C@@H](C)c1ccc(C(=O)COC(=O)COc2ccccc2C(N)=O)cc1. The lowest BCUT2D eigenvalue weighted by Gasteiger charge is -2.13. The Morgan fingerprint density at radius 1 is 1.00 bits per heavy atom. The molecule has 2 aromatic carbocycles. The van der Waals surface area contributed by atoms with Crippen LogP contribution >= 0.6 is 0 Å². The molecule has 0 saturated carbocycles. The van der Waals surface area contributed by atoms with E-state index in [1.54, 1.807) is 36.4 Å². The van der Waals surface area contributed by atoms with Gasteiger partial charge in [-0.2, -0.15) is 0 Å². The van der Waals surface area contributed by atoms with Crippen molar-refractivity contribution in [2.75, 3.05) is 13.2 Å². The topological polar surface area (TPSA) is 125 Å². The Morgan fingerprint density at radius 3 is 2.28 bits per heavy atom. The Bertz CT molecular complexity index is 908. The molecule has 0 saturated heterocycles. The Morgan fingerprint density at radius 2 is 1.66 bits per heavy atom. The molecule has 29 heavy (non-hydrogen) atoms. The summed E-state index contributed by atoms with van der Waals surface area (Å²) in [6, 6.07) is 12.7. The summed E-state index contributed by atoms with van der Waals surface area (Å²) >= 11 is 0. The molecule has 0 fully saturated rings. The molecule has 3 N–H and O–H groups in total. The number of nitrogens with one attached hydrogen (secondary N) is 1. The van der Waals surface area contributed by atoms with Crippen LogP contribution in [0.1, 0.15) is 46.2 Å². The maximum absolute atomic E-state index is 12.2. The second-order valence-electron chi connectivity index (χ2n) is 6.28. The number of Topliss-reactive ketones (excluding diaryl/α,β-unsaturated/α-hetero) is 1. The van der Waals surface area contributed by atoms with E-state index in [-0.39, 0.29) is 29.0 Å². The van der Waals surface area contributed by atoms with Gasteiger partial charge in [0.2, 0.25) is 5.91 Å². The van der Waals surface area contributed by atoms with E-state index in [9.17, 15) is 19.2 Å². The predicted octanol–water partition coefficient (Wildman–Crippen LogP) is 1.79. The minimum atomic E-state index is -0.756. The zero-order valence-corrected chi connectivity index (χ0v) is 16.1. The molecular weight excluding hydrogens is 376 g/mol. The molecule has 0 unspecified atom stereocenters. The third-order valence-corrected chi connectivity index (χ3v) is 4.01. The van der Waals surface area contributed by atoms with Crippen molar-refractivity contribution in [1.29, 1.82) is 0 Å². The van der Waals surface area contributed by atoms with Crippen LogP contribution in [0, 0.1) is 0 Å². The number of primary amides is 1. The fourth-order valence-electron chi connectivity index (χ4n) is 2.55. The van der Waals surface area contributed by atoms with Gasteiger partial charge in [0, 0.05) is 12.5 Å². The van der Waals surface area contributed by atoms with Crippen LogP contribution in [0.25, 0.3) is 0 Å². The standard InChI is InChI=1S/C21H22N2O6/c1-13(23-14(2)24)15-7-9-16(10-8-15)18(25)11-29-20(26)12-28-19-6-4-3-5-17(19)21(22)27/h3-10,13H,11-12H2,1-2H3,(H2,22,27)(H,23,24)/t13-/m0/s1. The molecule has 0 aromatic heterocycles. The molecular formula is C21H22N2O6. The second-order valence-corrected chi connectivity index (χ2v) is 6.28. The summed E-state index contributed by atoms with van der Waals surface area (Å²) in [5.41, 5.74) is 6.59. The number of carbonyl (C=O) groups excluding carboxylic acids is 4.